The number of hydrogen-bond donors (Lipinski definition) is 2. The van der Waals surface area contributed by atoms with E-state index >= 15 is 0 Å². The monoisotopic (exact) mass is 274 g/mol. The Balaban J connectivity index is 4.42. The molecule has 1 unspecified atom stereocenters. The van der Waals surface area contributed by atoms with Crippen molar-refractivity contribution in [1.29, 1.82) is 0 Å². The van der Waals surface area contributed by atoms with Gasteiger partial charge in [-0.25, -0.2) is 21.6 Å². The molecule has 90 valence electrons. The molecule has 0 bridgehead atoms. The Bertz CT molecular complexity index is 425. The van der Waals surface area contributed by atoms with E-state index in [1.54, 1.807) is 0 Å². The lowest BCUT2D eigenvalue weighted by Gasteiger charge is -2.12. The summed E-state index contributed by atoms with van der Waals surface area (Å²) in [5.41, 5.74) is 5.08. The average Bonchev–Trinajstić information content (AvgIpc) is 1.73. The van der Waals surface area contributed by atoms with Gasteiger partial charge in [0.2, 0.25) is 10.0 Å². The van der Waals surface area contributed by atoms with Crippen LogP contribution in [0, 0.1) is 0 Å². The minimum atomic E-state index is -3.63. The first kappa shape index (κ1) is 14.8. The van der Waals surface area contributed by atoms with Crippen LogP contribution in [-0.2, 0) is 19.9 Å². The van der Waals surface area contributed by atoms with Crippen molar-refractivity contribution in [2.45, 2.75) is 13.0 Å². The van der Waals surface area contributed by atoms with E-state index in [1.165, 1.54) is 6.92 Å². The lowest BCUT2D eigenvalue weighted by Crippen LogP contribution is -2.40. The molecule has 3 N–H and O–H groups in total. The van der Waals surface area contributed by atoms with Gasteiger partial charge >= 0.3 is 0 Å². The van der Waals surface area contributed by atoms with E-state index in [0.717, 1.165) is 6.26 Å². The van der Waals surface area contributed by atoms with Crippen LogP contribution in [0.15, 0.2) is 0 Å². The molecule has 0 aliphatic rings. The SMILES string of the molecule is CC(CS(C)(=O)=O)NS(=O)(=O)CC(N)=S. The summed E-state index contributed by atoms with van der Waals surface area (Å²) in [6, 6.07) is -0.695. The van der Waals surface area contributed by atoms with Crippen LogP contribution in [0.25, 0.3) is 0 Å². The molecule has 0 aliphatic heterocycles. The average molecular weight is 274 g/mol. The number of rotatable bonds is 6. The summed E-state index contributed by atoms with van der Waals surface area (Å²) < 4.78 is 46.4. The first-order valence-corrected chi connectivity index (χ1v) is 8.10. The van der Waals surface area contributed by atoms with Gasteiger partial charge in [0.25, 0.3) is 0 Å². The third-order valence-electron chi connectivity index (χ3n) is 1.27. The molecule has 6 nitrogen and oxygen atoms in total. The van der Waals surface area contributed by atoms with Crippen LogP contribution >= 0.6 is 12.2 Å². The lowest BCUT2D eigenvalue weighted by molar-refractivity contribution is 0.568. The predicted octanol–water partition coefficient (Wildman–Crippen LogP) is -1.37. The minimum absolute atomic E-state index is 0.158. The molecule has 0 heterocycles. The van der Waals surface area contributed by atoms with Crippen LogP contribution in [0.3, 0.4) is 0 Å². The second-order valence-electron chi connectivity index (χ2n) is 3.34. The summed E-state index contributed by atoms with van der Waals surface area (Å²) in [5, 5.41) is 0. The topological polar surface area (TPSA) is 106 Å². The normalized spacial score (nSPS) is 14.8. The molecule has 0 aliphatic carbocycles. The van der Waals surface area contributed by atoms with Crippen molar-refractivity contribution in [1.82, 2.24) is 4.72 Å². The summed E-state index contributed by atoms with van der Waals surface area (Å²) in [6.07, 6.45) is 1.03. The summed E-state index contributed by atoms with van der Waals surface area (Å²) in [7, 11) is -6.85. The van der Waals surface area contributed by atoms with Crippen LogP contribution in [0.5, 0.6) is 0 Å². The fraction of sp³-hybridized carbons (Fsp3) is 0.833. The Kier molecular flexibility index (Phi) is 5.10. The smallest absolute Gasteiger partial charge is 0.218 e. The Morgan fingerprint density at radius 1 is 1.40 bits per heavy atom. The highest BCUT2D eigenvalue weighted by molar-refractivity contribution is 7.92. The second kappa shape index (κ2) is 5.19. The molecule has 0 radical (unpaired) electrons. The molecule has 9 heteroatoms. The van der Waals surface area contributed by atoms with Crippen molar-refractivity contribution < 1.29 is 16.8 Å². The van der Waals surface area contributed by atoms with E-state index < -0.39 is 31.7 Å². The summed E-state index contributed by atoms with van der Waals surface area (Å²) >= 11 is 4.45. The van der Waals surface area contributed by atoms with Gasteiger partial charge in [-0.2, -0.15) is 0 Å². The molecule has 0 aromatic carbocycles. The van der Waals surface area contributed by atoms with Gasteiger partial charge in [-0.15, -0.1) is 0 Å². The van der Waals surface area contributed by atoms with Gasteiger partial charge < -0.3 is 5.73 Å². The molecule has 0 saturated heterocycles. The number of nitrogens with two attached hydrogens (primary N) is 1. The maximum atomic E-state index is 11.3. The van der Waals surface area contributed by atoms with Gasteiger partial charge in [0.05, 0.1) is 10.7 Å². The molecule has 0 amide bonds. The lowest BCUT2D eigenvalue weighted by atomic mass is 10.4. The fourth-order valence-electron chi connectivity index (χ4n) is 1.02. The summed E-state index contributed by atoms with van der Waals surface area (Å²) in [6.45, 7) is 1.46. The molecular weight excluding hydrogens is 260 g/mol. The Morgan fingerprint density at radius 2 is 1.87 bits per heavy atom. The maximum Gasteiger partial charge on any atom is 0.218 e. The standard InChI is InChI=1S/C6H14N2O4S3/c1-5(3-14(2,9)10)8-15(11,12)4-6(7)13/h5,8H,3-4H2,1-2H3,(H2,7,13). The van der Waals surface area contributed by atoms with Gasteiger partial charge in [0.1, 0.15) is 15.6 Å². The zero-order chi connectivity index (χ0) is 12.3. The van der Waals surface area contributed by atoms with Crippen LogP contribution in [0.2, 0.25) is 0 Å². The van der Waals surface area contributed by atoms with Crippen LogP contribution < -0.4 is 10.5 Å². The van der Waals surface area contributed by atoms with Crippen molar-refractivity contribution in [3.63, 3.8) is 0 Å². The number of thiocarbonyl (C=S) groups is 1. The van der Waals surface area contributed by atoms with Crippen molar-refractivity contribution in [2.24, 2.45) is 5.73 Å². The van der Waals surface area contributed by atoms with Gasteiger partial charge in [0, 0.05) is 12.3 Å². The number of sulfone groups is 1. The van der Waals surface area contributed by atoms with Gasteiger partial charge in [-0.1, -0.05) is 12.2 Å². The summed E-state index contributed by atoms with van der Waals surface area (Å²) in [5.74, 6) is -0.736. The van der Waals surface area contributed by atoms with Crippen LogP contribution in [0.4, 0.5) is 0 Å². The molecule has 0 rings (SSSR count). The Morgan fingerprint density at radius 3 is 2.20 bits per heavy atom. The van der Waals surface area contributed by atoms with Crippen LogP contribution in [-0.4, -0.2) is 45.6 Å². The molecule has 0 spiro atoms. The van der Waals surface area contributed by atoms with E-state index in [1.807, 2.05) is 0 Å². The van der Waals surface area contributed by atoms with Crippen molar-refractivity contribution in [3.05, 3.63) is 0 Å². The fourth-order valence-corrected chi connectivity index (χ4v) is 3.74. The molecule has 0 aromatic rings. The van der Waals surface area contributed by atoms with E-state index in [-0.39, 0.29) is 10.7 Å². The zero-order valence-electron chi connectivity index (χ0n) is 8.43. The minimum Gasteiger partial charge on any atom is -0.392 e. The number of nitrogens with one attached hydrogen (secondary N) is 1. The van der Waals surface area contributed by atoms with E-state index in [2.05, 4.69) is 16.9 Å². The van der Waals surface area contributed by atoms with E-state index in [4.69, 9.17) is 5.73 Å². The number of sulfonamides is 1. The van der Waals surface area contributed by atoms with Gasteiger partial charge in [-0.3, -0.25) is 0 Å². The summed E-state index contributed by atoms with van der Waals surface area (Å²) in [4.78, 5) is -0.158. The molecule has 0 fully saturated rings. The van der Waals surface area contributed by atoms with Crippen molar-refractivity contribution >= 4 is 37.1 Å². The first-order chi connectivity index (χ1) is 6.52. The van der Waals surface area contributed by atoms with E-state index in [0.29, 0.717) is 0 Å². The third kappa shape index (κ3) is 8.73. The largest absolute Gasteiger partial charge is 0.392 e. The molecular formula is C6H14N2O4S3. The maximum absolute atomic E-state index is 11.3. The van der Waals surface area contributed by atoms with Crippen molar-refractivity contribution in [2.75, 3.05) is 17.8 Å². The van der Waals surface area contributed by atoms with Gasteiger partial charge in [-0.05, 0) is 6.92 Å². The third-order valence-corrected chi connectivity index (χ3v) is 4.15. The highest BCUT2D eigenvalue weighted by Crippen LogP contribution is 1.94. The zero-order valence-corrected chi connectivity index (χ0v) is 10.9. The predicted molar refractivity (Wildman–Crippen MR) is 62.9 cm³/mol. The second-order valence-corrected chi connectivity index (χ2v) is 7.80. The molecule has 15 heavy (non-hydrogen) atoms. The quantitative estimate of drug-likeness (QED) is 0.579. The molecule has 1 atom stereocenters. The Hall–Kier alpha value is -0.250. The Labute approximate surface area is 95.2 Å². The van der Waals surface area contributed by atoms with E-state index in [9.17, 15) is 16.8 Å². The highest BCUT2D eigenvalue weighted by atomic mass is 32.2. The van der Waals surface area contributed by atoms with Crippen molar-refractivity contribution in [3.8, 4) is 0 Å². The van der Waals surface area contributed by atoms with Crippen LogP contribution in [0.1, 0.15) is 6.92 Å². The van der Waals surface area contributed by atoms with Gasteiger partial charge in [0.15, 0.2) is 0 Å². The molecule has 0 aromatic heterocycles. The highest BCUT2D eigenvalue weighted by Gasteiger charge is 2.18. The number of hydrogen-bond acceptors (Lipinski definition) is 5. The first-order valence-electron chi connectivity index (χ1n) is 3.98. The molecule has 0 saturated carbocycles.